The molecule has 0 saturated heterocycles. The van der Waals surface area contributed by atoms with Crippen LogP contribution in [0.4, 0.5) is 0 Å². The minimum absolute atomic E-state index is 0.252. The maximum Gasteiger partial charge on any atom is 0.305 e. The van der Waals surface area contributed by atoms with Gasteiger partial charge in [-0.2, -0.15) is 0 Å². The number of carbonyl (C=O) groups excluding carboxylic acids is 2. The Kier molecular flexibility index (Phi) is 7.08. The first kappa shape index (κ1) is 16.8. The highest BCUT2D eigenvalue weighted by atomic mass is 16.5. The predicted molar refractivity (Wildman–Crippen MR) is 77.7 cm³/mol. The Balaban J connectivity index is 2.50. The standard InChI is InChI=1S/C15H21NO5/c1-4-21-14(17)6-5-9-16-15(18)12-8-7-11(19-2)10-13(12)20-3/h7-8,10H,4-6,9H2,1-3H3,(H,16,18). The summed E-state index contributed by atoms with van der Waals surface area (Å²) in [5, 5.41) is 2.74. The highest BCUT2D eigenvalue weighted by molar-refractivity contribution is 5.97. The number of benzene rings is 1. The molecule has 1 amide bonds. The molecule has 0 radical (unpaired) electrons. The van der Waals surface area contributed by atoms with Gasteiger partial charge in [0.05, 0.1) is 26.4 Å². The van der Waals surface area contributed by atoms with Gasteiger partial charge in [0.1, 0.15) is 11.5 Å². The van der Waals surface area contributed by atoms with E-state index in [-0.39, 0.29) is 18.3 Å². The molecule has 116 valence electrons. The molecule has 0 aliphatic heterocycles. The fourth-order valence-electron chi connectivity index (χ4n) is 1.75. The topological polar surface area (TPSA) is 73.9 Å². The lowest BCUT2D eigenvalue weighted by Gasteiger charge is -2.10. The van der Waals surface area contributed by atoms with E-state index in [0.29, 0.717) is 36.6 Å². The Labute approximate surface area is 124 Å². The van der Waals surface area contributed by atoms with Gasteiger partial charge >= 0.3 is 5.97 Å². The summed E-state index contributed by atoms with van der Waals surface area (Å²) in [4.78, 5) is 23.2. The third kappa shape index (κ3) is 5.33. The fraction of sp³-hybridized carbons (Fsp3) is 0.467. The van der Waals surface area contributed by atoms with Crippen molar-refractivity contribution in [2.45, 2.75) is 19.8 Å². The molecule has 0 fully saturated rings. The van der Waals surface area contributed by atoms with E-state index in [1.54, 1.807) is 32.2 Å². The van der Waals surface area contributed by atoms with E-state index < -0.39 is 0 Å². The molecule has 1 aromatic carbocycles. The number of carbonyl (C=O) groups is 2. The summed E-state index contributed by atoms with van der Waals surface area (Å²) in [6.45, 7) is 2.52. The second kappa shape index (κ2) is 8.84. The van der Waals surface area contributed by atoms with Crippen molar-refractivity contribution in [2.24, 2.45) is 0 Å². The number of ether oxygens (including phenoxy) is 3. The van der Waals surface area contributed by atoms with Gasteiger partial charge in [0.2, 0.25) is 0 Å². The maximum absolute atomic E-state index is 12.0. The highest BCUT2D eigenvalue weighted by Crippen LogP contribution is 2.24. The SMILES string of the molecule is CCOC(=O)CCCNC(=O)c1ccc(OC)cc1OC. The quantitative estimate of drug-likeness (QED) is 0.584. The molecule has 6 heteroatoms. The number of esters is 1. The predicted octanol–water partition coefficient (Wildman–Crippen LogP) is 1.78. The molecule has 0 bridgehead atoms. The average Bonchev–Trinajstić information content (AvgIpc) is 2.50. The van der Waals surface area contributed by atoms with E-state index in [1.165, 1.54) is 7.11 Å². The molecule has 0 atom stereocenters. The molecule has 1 aromatic rings. The van der Waals surface area contributed by atoms with E-state index in [0.717, 1.165) is 0 Å². The number of amides is 1. The van der Waals surface area contributed by atoms with E-state index in [4.69, 9.17) is 14.2 Å². The molecule has 0 aliphatic rings. The first-order chi connectivity index (χ1) is 10.1. The minimum Gasteiger partial charge on any atom is -0.497 e. The van der Waals surface area contributed by atoms with Crippen LogP contribution in [0.5, 0.6) is 11.5 Å². The molecule has 21 heavy (non-hydrogen) atoms. The zero-order valence-electron chi connectivity index (χ0n) is 12.6. The minimum atomic E-state index is -0.256. The van der Waals surface area contributed by atoms with Crippen LogP contribution in [-0.2, 0) is 9.53 Å². The zero-order valence-corrected chi connectivity index (χ0v) is 12.6. The van der Waals surface area contributed by atoms with Gasteiger partial charge in [0.15, 0.2) is 0 Å². The van der Waals surface area contributed by atoms with Crippen LogP contribution in [-0.4, -0.2) is 39.2 Å². The number of hydrogen-bond acceptors (Lipinski definition) is 5. The van der Waals surface area contributed by atoms with Crippen molar-refractivity contribution >= 4 is 11.9 Å². The van der Waals surface area contributed by atoms with E-state index >= 15 is 0 Å². The normalized spacial score (nSPS) is 9.86. The van der Waals surface area contributed by atoms with Crippen molar-refractivity contribution in [3.63, 3.8) is 0 Å². The largest absolute Gasteiger partial charge is 0.497 e. The Morgan fingerprint density at radius 2 is 1.95 bits per heavy atom. The van der Waals surface area contributed by atoms with Crippen LogP contribution in [0, 0.1) is 0 Å². The maximum atomic E-state index is 12.0. The number of methoxy groups -OCH3 is 2. The lowest BCUT2D eigenvalue weighted by molar-refractivity contribution is -0.143. The van der Waals surface area contributed by atoms with E-state index in [9.17, 15) is 9.59 Å². The highest BCUT2D eigenvalue weighted by Gasteiger charge is 2.13. The van der Waals surface area contributed by atoms with Gasteiger partial charge in [0, 0.05) is 19.0 Å². The molecule has 0 heterocycles. The van der Waals surface area contributed by atoms with Crippen LogP contribution in [0.1, 0.15) is 30.1 Å². The van der Waals surface area contributed by atoms with Crippen LogP contribution in [0.2, 0.25) is 0 Å². The Morgan fingerprint density at radius 1 is 1.19 bits per heavy atom. The van der Waals surface area contributed by atoms with Crippen molar-refractivity contribution in [1.29, 1.82) is 0 Å². The van der Waals surface area contributed by atoms with Gasteiger partial charge in [-0.1, -0.05) is 0 Å². The summed E-state index contributed by atoms with van der Waals surface area (Å²) in [6.07, 6.45) is 0.816. The third-order valence-electron chi connectivity index (χ3n) is 2.80. The molecular formula is C15H21NO5. The Hall–Kier alpha value is -2.24. The zero-order chi connectivity index (χ0) is 15.7. The summed E-state index contributed by atoms with van der Waals surface area (Å²) in [5.41, 5.74) is 0.425. The first-order valence-corrected chi connectivity index (χ1v) is 6.78. The smallest absolute Gasteiger partial charge is 0.305 e. The summed E-state index contributed by atoms with van der Waals surface area (Å²) >= 11 is 0. The summed E-state index contributed by atoms with van der Waals surface area (Å²) in [6, 6.07) is 4.97. The number of hydrogen-bond donors (Lipinski definition) is 1. The van der Waals surface area contributed by atoms with Crippen molar-refractivity contribution in [2.75, 3.05) is 27.4 Å². The first-order valence-electron chi connectivity index (χ1n) is 6.78. The van der Waals surface area contributed by atoms with E-state index in [2.05, 4.69) is 5.32 Å². The van der Waals surface area contributed by atoms with Crippen LogP contribution in [0.3, 0.4) is 0 Å². The van der Waals surface area contributed by atoms with Gasteiger partial charge in [-0.25, -0.2) is 0 Å². The van der Waals surface area contributed by atoms with Crippen molar-refractivity contribution in [3.8, 4) is 11.5 Å². The van der Waals surface area contributed by atoms with Gasteiger partial charge in [-0.3, -0.25) is 9.59 Å². The fourth-order valence-corrected chi connectivity index (χ4v) is 1.75. The second-order valence-electron chi connectivity index (χ2n) is 4.23. The van der Waals surface area contributed by atoms with Crippen molar-refractivity contribution in [1.82, 2.24) is 5.32 Å². The van der Waals surface area contributed by atoms with Gasteiger partial charge in [-0.15, -0.1) is 0 Å². The van der Waals surface area contributed by atoms with Crippen molar-refractivity contribution < 1.29 is 23.8 Å². The molecule has 1 rings (SSSR count). The molecule has 0 unspecified atom stereocenters. The lowest BCUT2D eigenvalue weighted by atomic mass is 10.1. The molecule has 0 saturated carbocycles. The molecule has 6 nitrogen and oxygen atoms in total. The Bertz CT molecular complexity index is 487. The van der Waals surface area contributed by atoms with Gasteiger partial charge < -0.3 is 19.5 Å². The lowest BCUT2D eigenvalue weighted by Crippen LogP contribution is -2.25. The Morgan fingerprint density at radius 3 is 2.57 bits per heavy atom. The monoisotopic (exact) mass is 295 g/mol. The molecule has 0 aromatic heterocycles. The van der Waals surface area contributed by atoms with Gasteiger partial charge in [-0.05, 0) is 25.5 Å². The summed E-state index contributed by atoms with van der Waals surface area (Å²) < 4.78 is 15.1. The van der Waals surface area contributed by atoms with Gasteiger partial charge in [0.25, 0.3) is 5.91 Å². The number of nitrogens with one attached hydrogen (secondary N) is 1. The van der Waals surface area contributed by atoms with Crippen LogP contribution in [0.15, 0.2) is 18.2 Å². The third-order valence-corrected chi connectivity index (χ3v) is 2.80. The van der Waals surface area contributed by atoms with Crippen LogP contribution in [0.25, 0.3) is 0 Å². The van der Waals surface area contributed by atoms with Crippen LogP contribution < -0.4 is 14.8 Å². The van der Waals surface area contributed by atoms with Crippen molar-refractivity contribution in [3.05, 3.63) is 23.8 Å². The van der Waals surface area contributed by atoms with Crippen LogP contribution >= 0.6 is 0 Å². The molecule has 1 N–H and O–H groups in total. The molecule has 0 aliphatic carbocycles. The number of rotatable bonds is 8. The molecular weight excluding hydrogens is 274 g/mol. The van der Waals surface area contributed by atoms with E-state index in [1.807, 2.05) is 0 Å². The average molecular weight is 295 g/mol. The second-order valence-corrected chi connectivity index (χ2v) is 4.23. The summed E-state index contributed by atoms with van der Waals surface area (Å²) in [5.74, 6) is 0.551. The molecule has 0 spiro atoms. The summed E-state index contributed by atoms with van der Waals surface area (Å²) in [7, 11) is 3.04.